The minimum atomic E-state index is -4.36. The molecule has 1 saturated carbocycles. The van der Waals surface area contributed by atoms with Gasteiger partial charge in [0.1, 0.15) is 24.1 Å². The number of benzene rings is 4. The summed E-state index contributed by atoms with van der Waals surface area (Å²) in [6.07, 6.45) is 3.89. The number of rotatable bonds is 14. The number of carbonyl (C=O) groups excluding carboxylic acids is 2. The van der Waals surface area contributed by atoms with Crippen LogP contribution in [0.25, 0.3) is 0 Å². The van der Waals surface area contributed by atoms with Gasteiger partial charge in [0.05, 0.1) is 24.8 Å². The Hall–Kier alpha value is -4.25. The number of hydrogen-bond donors (Lipinski definition) is 1. The van der Waals surface area contributed by atoms with E-state index < -0.39 is 28.5 Å². The lowest BCUT2D eigenvalue weighted by atomic mass is 10.0. The molecule has 2 amide bonds. The van der Waals surface area contributed by atoms with Crippen LogP contribution in [0.4, 0.5) is 5.69 Å². The molecule has 0 spiro atoms. The summed E-state index contributed by atoms with van der Waals surface area (Å²) in [7, 11) is -1.48. The SMILES string of the molecule is COc1ccc(OC)c(N(CC(=O)N(Cc2ccc(Cl)cc2Cl)[C@H](Cc2ccccc2)C(=O)NC2CCCC2)S(=O)(=O)c2ccc(C)cc2)c1. The molecule has 0 aromatic heterocycles. The largest absolute Gasteiger partial charge is 0.497 e. The Morgan fingerprint density at radius 1 is 0.900 bits per heavy atom. The quantitative estimate of drug-likeness (QED) is 0.147. The van der Waals surface area contributed by atoms with Crippen molar-refractivity contribution >= 4 is 50.7 Å². The second-order valence-corrected chi connectivity index (χ2v) is 15.0. The Kier molecular flexibility index (Phi) is 12.3. The van der Waals surface area contributed by atoms with E-state index in [2.05, 4.69) is 5.32 Å². The van der Waals surface area contributed by atoms with Crippen LogP contribution in [0.1, 0.15) is 42.4 Å². The van der Waals surface area contributed by atoms with Gasteiger partial charge in [0, 0.05) is 35.1 Å². The zero-order valence-corrected chi connectivity index (χ0v) is 30.6. The van der Waals surface area contributed by atoms with Gasteiger partial charge >= 0.3 is 0 Å². The minimum Gasteiger partial charge on any atom is -0.497 e. The van der Waals surface area contributed by atoms with E-state index in [-0.39, 0.29) is 41.2 Å². The maximum Gasteiger partial charge on any atom is 0.264 e. The molecule has 1 N–H and O–H groups in total. The number of hydrogen-bond acceptors (Lipinski definition) is 6. The Bertz CT molecular complexity index is 1900. The molecule has 0 radical (unpaired) electrons. The first-order valence-corrected chi connectivity index (χ1v) is 18.6. The third-order valence-electron chi connectivity index (χ3n) is 8.87. The van der Waals surface area contributed by atoms with Crippen molar-refractivity contribution in [3.8, 4) is 11.5 Å². The number of aryl methyl sites for hydroxylation is 1. The minimum absolute atomic E-state index is 0.0173. The van der Waals surface area contributed by atoms with E-state index in [0.717, 1.165) is 41.1 Å². The summed E-state index contributed by atoms with van der Waals surface area (Å²) in [5.41, 5.74) is 2.34. The van der Waals surface area contributed by atoms with Gasteiger partial charge in [-0.25, -0.2) is 8.42 Å². The Balaban J connectivity index is 1.63. The maximum absolute atomic E-state index is 14.9. The fourth-order valence-corrected chi connectivity index (χ4v) is 7.98. The molecule has 0 bridgehead atoms. The molecule has 0 unspecified atom stereocenters. The second-order valence-electron chi connectivity index (χ2n) is 12.3. The molecule has 0 heterocycles. The molecular weight excluding hydrogens is 697 g/mol. The van der Waals surface area contributed by atoms with Gasteiger partial charge in [-0.3, -0.25) is 13.9 Å². The summed E-state index contributed by atoms with van der Waals surface area (Å²) in [5, 5.41) is 3.89. The molecule has 1 fully saturated rings. The van der Waals surface area contributed by atoms with Gasteiger partial charge in [0.25, 0.3) is 10.0 Å². The van der Waals surface area contributed by atoms with Crippen LogP contribution in [0.15, 0.2) is 95.9 Å². The zero-order valence-electron chi connectivity index (χ0n) is 28.3. The fourth-order valence-electron chi connectivity index (χ4n) is 6.10. The van der Waals surface area contributed by atoms with Crippen molar-refractivity contribution in [3.05, 3.63) is 118 Å². The molecule has 50 heavy (non-hydrogen) atoms. The van der Waals surface area contributed by atoms with Gasteiger partial charge in [-0.15, -0.1) is 0 Å². The summed E-state index contributed by atoms with van der Waals surface area (Å²) in [6.45, 7) is 1.11. The highest BCUT2D eigenvalue weighted by molar-refractivity contribution is 7.92. The second kappa shape index (κ2) is 16.6. The lowest BCUT2D eigenvalue weighted by Gasteiger charge is -2.34. The summed E-state index contributed by atoms with van der Waals surface area (Å²) in [5.74, 6) is -0.383. The fraction of sp³-hybridized carbons (Fsp3) is 0.316. The van der Waals surface area contributed by atoms with Gasteiger partial charge in [0.2, 0.25) is 11.8 Å². The van der Waals surface area contributed by atoms with Gasteiger partial charge in [-0.2, -0.15) is 0 Å². The summed E-state index contributed by atoms with van der Waals surface area (Å²) >= 11 is 12.9. The predicted molar refractivity (Wildman–Crippen MR) is 197 cm³/mol. The van der Waals surface area contributed by atoms with Gasteiger partial charge < -0.3 is 19.7 Å². The normalized spacial score (nSPS) is 13.8. The first kappa shape index (κ1) is 37.0. The molecule has 9 nitrogen and oxygen atoms in total. The highest BCUT2D eigenvalue weighted by Crippen LogP contribution is 2.36. The van der Waals surface area contributed by atoms with Crippen LogP contribution in [0.5, 0.6) is 11.5 Å². The number of sulfonamides is 1. The van der Waals surface area contributed by atoms with Crippen LogP contribution >= 0.6 is 23.2 Å². The smallest absolute Gasteiger partial charge is 0.264 e. The first-order valence-electron chi connectivity index (χ1n) is 16.4. The number of halogens is 2. The van der Waals surface area contributed by atoms with Crippen molar-refractivity contribution in [2.75, 3.05) is 25.1 Å². The van der Waals surface area contributed by atoms with Crippen LogP contribution in [-0.2, 0) is 32.6 Å². The highest BCUT2D eigenvalue weighted by Gasteiger charge is 2.37. The Morgan fingerprint density at radius 3 is 2.24 bits per heavy atom. The number of ether oxygens (including phenoxy) is 2. The summed E-state index contributed by atoms with van der Waals surface area (Å²) < 4.78 is 41.0. The van der Waals surface area contributed by atoms with Crippen LogP contribution < -0.4 is 19.1 Å². The molecule has 4 aromatic rings. The van der Waals surface area contributed by atoms with Crippen molar-refractivity contribution in [3.63, 3.8) is 0 Å². The molecule has 5 rings (SSSR count). The van der Waals surface area contributed by atoms with Crippen LogP contribution in [0.3, 0.4) is 0 Å². The van der Waals surface area contributed by atoms with E-state index in [1.165, 1.54) is 37.3 Å². The number of methoxy groups -OCH3 is 2. The Labute approximate surface area is 304 Å². The molecular formula is C38H41Cl2N3O6S. The standard InChI is InChI=1S/C38H41Cl2N3O6S/c1-26-13-18-32(19-14-26)50(46,47)43(34-23-31(48-2)17-20-36(34)49-3)25-37(44)42(24-28-15-16-29(39)22-33(28)40)35(21-27-9-5-4-6-10-27)38(45)41-30-11-7-8-12-30/h4-6,9-10,13-20,22-23,30,35H,7-8,11-12,21,24-25H2,1-3H3,(H,41,45)/t35-/m1/s1. The van der Waals surface area contributed by atoms with Crippen LogP contribution in [0, 0.1) is 6.92 Å². The van der Waals surface area contributed by atoms with E-state index >= 15 is 0 Å². The van der Waals surface area contributed by atoms with Crippen molar-refractivity contribution in [2.24, 2.45) is 0 Å². The Morgan fingerprint density at radius 2 is 1.60 bits per heavy atom. The highest BCUT2D eigenvalue weighted by atomic mass is 35.5. The van der Waals surface area contributed by atoms with Gasteiger partial charge in [0.15, 0.2) is 0 Å². The van der Waals surface area contributed by atoms with Crippen molar-refractivity contribution < 1.29 is 27.5 Å². The van der Waals surface area contributed by atoms with Crippen LogP contribution in [0.2, 0.25) is 10.0 Å². The molecule has 264 valence electrons. The molecule has 0 saturated heterocycles. The van der Waals surface area contributed by atoms with Crippen molar-refractivity contribution in [1.29, 1.82) is 0 Å². The first-order chi connectivity index (χ1) is 24.0. The lowest BCUT2D eigenvalue weighted by Crippen LogP contribution is -2.54. The van der Waals surface area contributed by atoms with E-state index in [0.29, 0.717) is 21.4 Å². The third kappa shape index (κ3) is 8.91. The average Bonchev–Trinajstić information content (AvgIpc) is 3.62. The number of carbonyl (C=O) groups is 2. The molecule has 12 heteroatoms. The van der Waals surface area contributed by atoms with Crippen molar-refractivity contribution in [2.45, 2.75) is 62.6 Å². The summed E-state index contributed by atoms with van der Waals surface area (Å²) in [6, 6.07) is 24.4. The number of amides is 2. The van der Waals surface area contributed by atoms with Gasteiger partial charge in [-0.1, -0.05) is 90.1 Å². The maximum atomic E-state index is 14.9. The molecule has 1 atom stereocenters. The van der Waals surface area contributed by atoms with Gasteiger partial charge in [-0.05, 0) is 67.3 Å². The molecule has 4 aromatic carbocycles. The zero-order chi connectivity index (χ0) is 35.8. The molecule has 1 aliphatic carbocycles. The number of anilines is 1. The van der Waals surface area contributed by atoms with E-state index in [9.17, 15) is 18.0 Å². The predicted octanol–water partition coefficient (Wildman–Crippen LogP) is 7.21. The van der Waals surface area contributed by atoms with Crippen molar-refractivity contribution in [1.82, 2.24) is 10.2 Å². The topological polar surface area (TPSA) is 105 Å². The molecule has 0 aliphatic heterocycles. The van der Waals surface area contributed by atoms with E-state index in [1.807, 2.05) is 37.3 Å². The average molecular weight is 739 g/mol. The summed E-state index contributed by atoms with van der Waals surface area (Å²) in [4.78, 5) is 30.5. The number of nitrogens with one attached hydrogen (secondary N) is 1. The van der Waals surface area contributed by atoms with E-state index in [4.69, 9.17) is 32.7 Å². The molecule has 1 aliphatic rings. The third-order valence-corrected chi connectivity index (χ3v) is 11.2. The number of nitrogens with zero attached hydrogens (tertiary/aromatic N) is 2. The lowest BCUT2D eigenvalue weighted by molar-refractivity contribution is -0.140. The van der Waals surface area contributed by atoms with E-state index in [1.54, 1.807) is 42.5 Å². The monoisotopic (exact) mass is 737 g/mol. The van der Waals surface area contributed by atoms with Crippen LogP contribution in [-0.4, -0.2) is 58.0 Å².